The van der Waals surface area contributed by atoms with Crippen LogP contribution in [0.4, 0.5) is 5.69 Å². The van der Waals surface area contributed by atoms with Crippen LogP contribution < -0.4 is 11.1 Å². The van der Waals surface area contributed by atoms with E-state index >= 15 is 0 Å². The fraction of sp³-hybridized carbons (Fsp3) is 0.267. The van der Waals surface area contributed by atoms with E-state index < -0.39 is 0 Å². The summed E-state index contributed by atoms with van der Waals surface area (Å²) in [5, 5.41) is 2.84. The molecule has 1 aromatic heterocycles. The Labute approximate surface area is 118 Å². The summed E-state index contributed by atoms with van der Waals surface area (Å²) in [7, 11) is 0. The van der Waals surface area contributed by atoms with E-state index in [-0.39, 0.29) is 11.8 Å². The molecule has 1 heterocycles. The first-order chi connectivity index (χ1) is 9.60. The molecule has 0 saturated heterocycles. The monoisotopic (exact) mass is 270 g/mol. The number of carbonyl (C=O) groups excluding carboxylic acids is 1. The summed E-state index contributed by atoms with van der Waals surface area (Å²) in [4.78, 5) is 20.4. The van der Waals surface area contributed by atoms with Gasteiger partial charge < -0.3 is 11.1 Å². The van der Waals surface area contributed by atoms with Crippen molar-refractivity contribution >= 4 is 11.6 Å². The molecule has 0 aliphatic rings. The molecule has 0 aliphatic heterocycles. The maximum absolute atomic E-state index is 11.8. The molecule has 5 heteroatoms. The zero-order valence-corrected chi connectivity index (χ0v) is 11.6. The summed E-state index contributed by atoms with van der Waals surface area (Å²) in [6.07, 6.45) is 1.72. The number of rotatable bonds is 4. The third-order valence-corrected chi connectivity index (χ3v) is 2.98. The Morgan fingerprint density at radius 1 is 1.40 bits per heavy atom. The molecule has 1 aromatic carbocycles. The molecular formula is C15H18N4O. The average Bonchev–Trinajstić information content (AvgIpc) is 2.46. The smallest absolute Gasteiger partial charge is 0.228 e. The standard InChI is InChI=1S/C15H18N4O/c1-10(9-16)15(20)19-13-5-3-4-12(8-13)14-17-7-6-11(2)18-14/h3-8,10H,9,16H2,1-2H3,(H,19,20). The van der Waals surface area contributed by atoms with Crippen LogP contribution >= 0.6 is 0 Å². The van der Waals surface area contributed by atoms with Crippen molar-refractivity contribution in [3.05, 3.63) is 42.2 Å². The average molecular weight is 270 g/mol. The van der Waals surface area contributed by atoms with E-state index in [1.54, 1.807) is 13.1 Å². The topological polar surface area (TPSA) is 80.9 Å². The largest absolute Gasteiger partial charge is 0.330 e. The fourth-order valence-corrected chi connectivity index (χ4v) is 1.70. The Morgan fingerprint density at radius 2 is 2.20 bits per heavy atom. The van der Waals surface area contributed by atoms with E-state index in [1.807, 2.05) is 37.3 Å². The van der Waals surface area contributed by atoms with Gasteiger partial charge in [-0.2, -0.15) is 0 Å². The number of hydrogen-bond donors (Lipinski definition) is 2. The highest BCUT2D eigenvalue weighted by Gasteiger charge is 2.11. The molecule has 0 aliphatic carbocycles. The predicted octanol–water partition coefficient (Wildman–Crippen LogP) is 1.99. The van der Waals surface area contributed by atoms with Crippen molar-refractivity contribution < 1.29 is 4.79 Å². The number of benzene rings is 1. The highest BCUT2D eigenvalue weighted by atomic mass is 16.1. The maximum Gasteiger partial charge on any atom is 0.228 e. The summed E-state index contributed by atoms with van der Waals surface area (Å²) in [6.45, 7) is 4.04. The number of anilines is 1. The first-order valence-corrected chi connectivity index (χ1v) is 6.51. The molecule has 0 radical (unpaired) electrons. The van der Waals surface area contributed by atoms with Crippen molar-refractivity contribution in [2.45, 2.75) is 13.8 Å². The Kier molecular flexibility index (Phi) is 4.42. The molecule has 2 aromatic rings. The number of aryl methyl sites for hydroxylation is 1. The van der Waals surface area contributed by atoms with Crippen molar-refractivity contribution in [3.8, 4) is 11.4 Å². The van der Waals surface area contributed by atoms with Gasteiger partial charge in [-0.15, -0.1) is 0 Å². The summed E-state index contributed by atoms with van der Waals surface area (Å²) >= 11 is 0. The van der Waals surface area contributed by atoms with E-state index in [0.717, 1.165) is 16.9 Å². The highest BCUT2D eigenvalue weighted by molar-refractivity contribution is 5.93. The summed E-state index contributed by atoms with van der Waals surface area (Å²) in [5.74, 6) is 0.344. The van der Waals surface area contributed by atoms with E-state index in [1.165, 1.54) is 0 Å². The van der Waals surface area contributed by atoms with Gasteiger partial charge >= 0.3 is 0 Å². The molecule has 1 amide bonds. The molecule has 104 valence electrons. The second kappa shape index (κ2) is 6.25. The third kappa shape index (κ3) is 3.39. The number of amides is 1. The summed E-state index contributed by atoms with van der Waals surface area (Å²) in [5.41, 5.74) is 7.98. The van der Waals surface area contributed by atoms with Crippen molar-refractivity contribution in [2.75, 3.05) is 11.9 Å². The molecular weight excluding hydrogens is 252 g/mol. The molecule has 3 N–H and O–H groups in total. The minimum absolute atomic E-state index is 0.0881. The van der Waals surface area contributed by atoms with Crippen molar-refractivity contribution in [1.82, 2.24) is 9.97 Å². The van der Waals surface area contributed by atoms with Gasteiger partial charge in [0.05, 0.1) is 0 Å². The lowest BCUT2D eigenvalue weighted by Gasteiger charge is -2.10. The number of aromatic nitrogens is 2. The van der Waals surface area contributed by atoms with Crippen molar-refractivity contribution in [3.63, 3.8) is 0 Å². The van der Waals surface area contributed by atoms with Crippen LogP contribution in [-0.4, -0.2) is 22.4 Å². The second-order valence-electron chi connectivity index (χ2n) is 4.73. The molecule has 0 saturated carbocycles. The lowest BCUT2D eigenvalue weighted by atomic mass is 10.1. The molecule has 1 atom stereocenters. The Balaban J connectivity index is 2.22. The number of nitrogens with two attached hydrogens (primary N) is 1. The normalized spacial score (nSPS) is 11.9. The molecule has 0 bridgehead atoms. The van der Waals surface area contributed by atoms with Crippen molar-refractivity contribution in [1.29, 1.82) is 0 Å². The third-order valence-electron chi connectivity index (χ3n) is 2.98. The summed E-state index contributed by atoms with van der Waals surface area (Å²) in [6, 6.07) is 9.31. The van der Waals surface area contributed by atoms with Crippen molar-refractivity contribution in [2.24, 2.45) is 11.7 Å². The van der Waals surface area contributed by atoms with Gasteiger partial charge in [-0.05, 0) is 25.1 Å². The van der Waals surface area contributed by atoms with E-state index in [9.17, 15) is 4.79 Å². The van der Waals surface area contributed by atoms with Gasteiger partial charge in [0.1, 0.15) is 0 Å². The number of hydrogen-bond acceptors (Lipinski definition) is 4. The van der Waals surface area contributed by atoms with Crippen LogP contribution in [-0.2, 0) is 4.79 Å². The quantitative estimate of drug-likeness (QED) is 0.890. The minimum Gasteiger partial charge on any atom is -0.330 e. The number of nitrogens with zero attached hydrogens (tertiary/aromatic N) is 2. The van der Waals surface area contributed by atoms with Crippen LogP contribution in [0.15, 0.2) is 36.5 Å². The van der Waals surface area contributed by atoms with Gasteiger partial charge in [0.2, 0.25) is 5.91 Å². The van der Waals surface area contributed by atoms with E-state index in [4.69, 9.17) is 5.73 Å². The Bertz CT molecular complexity index is 612. The first-order valence-electron chi connectivity index (χ1n) is 6.51. The van der Waals surface area contributed by atoms with Gasteiger partial charge in [0.15, 0.2) is 5.82 Å². The van der Waals surface area contributed by atoms with E-state index in [0.29, 0.717) is 12.4 Å². The first kappa shape index (κ1) is 14.1. The lowest BCUT2D eigenvalue weighted by molar-refractivity contribution is -0.119. The van der Waals surface area contributed by atoms with Crippen LogP contribution in [0.5, 0.6) is 0 Å². The molecule has 0 fully saturated rings. The molecule has 2 rings (SSSR count). The van der Waals surface area contributed by atoms with Gasteiger partial charge in [-0.3, -0.25) is 4.79 Å². The van der Waals surface area contributed by atoms with E-state index in [2.05, 4.69) is 15.3 Å². The minimum atomic E-state index is -0.214. The van der Waals surface area contributed by atoms with Gasteiger partial charge in [-0.1, -0.05) is 19.1 Å². The SMILES string of the molecule is Cc1ccnc(-c2cccc(NC(=O)C(C)CN)c2)n1. The molecule has 1 unspecified atom stereocenters. The summed E-state index contributed by atoms with van der Waals surface area (Å²) < 4.78 is 0. The number of nitrogens with one attached hydrogen (secondary N) is 1. The molecule has 20 heavy (non-hydrogen) atoms. The van der Waals surface area contributed by atoms with Crippen LogP contribution in [0.3, 0.4) is 0 Å². The zero-order valence-electron chi connectivity index (χ0n) is 11.6. The second-order valence-corrected chi connectivity index (χ2v) is 4.73. The molecule has 0 spiro atoms. The van der Waals surface area contributed by atoms with Crippen LogP contribution in [0.1, 0.15) is 12.6 Å². The Hall–Kier alpha value is -2.27. The molecule has 5 nitrogen and oxygen atoms in total. The zero-order chi connectivity index (χ0) is 14.5. The van der Waals surface area contributed by atoms with Gasteiger partial charge in [0.25, 0.3) is 0 Å². The highest BCUT2D eigenvalue weighted by Crippen LogP contribution is 2.19. The fourth-order valence-electron chi connectivity index (χ4n) is 1.70. The maximum atomic E-state index is 11.8. The van der Waals surface area contributed by atoms with Gasteiger partial charge in [0, 0.05) is 35.6 Å². The Morgan fingerprint density at radius 3 is 2.90 bits per heavy atom. The van der Waals surface area contributed by atoms with Crippen LogP contribution in [0.25, 0.3) is 11.4 Å². The number of carbonyl (C=O) groups is 1. The van der Waals surface area contributed by atoms with Gasteiger partial charge in [-0.25, -0.2) is 9.97 Å². The predicted molar refractivity (Wildman–Crippen MR) is 79.1 cm³/mol. The van der Waals surface area contributed by atoms with Crippen LogP contribution in [0, 0.1) is 12.8 Å². The lowest BCUT2D eigenvalue weighted by Crippen LogP contribution is -2.26. The van der Waals surface area contributed by atoms with Crippen LogP contribution in [0.2, 0.25) is 0 Å².